The summed E-state index contributed by atoms with van der Waals surface area (Å²) < 4.78 is 0. The number of nitrogens with zero attached hydrogens (tertiary/aromatic N) is 1. The molecule has 1 nitrogen and oxygen atoms in total. The lowest BCUT2D eigenvalue weighted by Crippen LogP contribution is -2.30. The van der Waals surface area contributed by atoms with Gasteiger partial charge in [0.25, 0.3) is 0 Å². The summed E-state index contributed by atoms with van der Waals surface area (Å²) in [7, 11) is 2.28. The molecule has 0 aromatic heterocycles. The Morgan fingerprint density at radius 2 is 1.35 bits per heavy atom. The van der Waals surface area contributed by atoms with Crippen LogP contribution in [0.5, 0.6) is 0 Å². The van der Waals surface area contributed by atoms with Crippen molar-refractivity contribution in [2.75, 3.05) is 13.6 Å². The summed E-state index contributed by atoms with van der Waals surface area (Å²) in [4.78, 5) is 2.53. The summed E-state index contributed by atoms with van der Waals surface area (Å²) in [6.07, 6.45) is 8.11. The first-order chi connectivity index (χ1) is 8.02. The lowest BCUT2D eigenvalue weighted by molar-refractivity contribution is 0.227. The molecule has 104 valence electrons. The fourth-order valence-electron chi connectivity index (χ4n) is 2.55. The lowest BCUT2D eigenvalue weighted by Gasteiger charge is -2.26. The van der Waals surface area contributed by atoms with Crippen LogP contribution in [-0.4, -0.2) is 24.5 Å². The van der Waals surface area contributed by atoms with E-state index < -0.39 is 0 Å². The molecule has 1 heteroatoms. The Labute approximate surface area is 110 Å². The van der Waals surface area contributed by atoms with Crippen LogP contribution in [0.2, 0.25) is 0 Å². The van der Waals surface area contributed by atoms with Gasteiger partial charge in [0.1, 0.15) is 0 Å². The average Bonchev–Trinajstić information content (AvgIpc) is 2.29. The molecule has 0 amide bonds. The third kappa shape index (κ3) is 7.81. The van der Waals surface area contributed by atoms with Crippen molar-refractivity contribution in [2.24, 2.45) is 11.8 Å². The maximum Gasteiger partial charge on any atom is 0.00637 e. The first-order valence-electron chi connectivity index (χ1n) is 7.73. The van der Waals surface area contributed by atoms with Crippen LogP contribution in [0.15, 0.2) is 0 Å². The van der Waals surface area contributed by atoms with Gasteiger partial charge >= 0.3 is 0 Å². The van der Waals surface area contributed by atoms with Gasteiger partial charge in [0.15, 0.2) is 0 Å². The molecular weight excluding hydrogens is 206 g/mol. The maximum absolute atomic E-state index is 2.53. The van der Waals surface area contributed by atoms with Crippen molar-refractivity contribution >= 4 is 0 Å². The zero-order chi connectivity index (χ0) is 13.3. The van der Waals surface area contributed by atoms with Crippen LogP contribution in [0.1, 0.15) is 73.1 Å². The smallest absolute Gasteiger partial charge is 0.00637 e. The van der Waals surface area contributed by atoms with Crippen molar-refractivity contribution in [2.45, 2.75) is 79.2 Å². The highest BCUT2D eigenvalue weighted by atomic mass is 15.1. The van der Waals surface area contributed by atoms with Gasteiger partial charge in [-0.15, -0.1) is 0 Å². The minimum atomic E-state index is 0.753. The third-order valence-corrected chi connectivity index (χ3v) is 4.34. The number of hydrogen-bond donors (Lipinski definition) is 0. The second-order valence-corrected chi connectivity index (χ2v) is 6.00. The van der Waals surface area contributed by atoms with E-state index in [9.17, 15) is 0 Å². The molecular formula is C16H35N. The van der Waals surface area contributed by atoms with E-state index in [4.69, 9.17) is 0 Å². The quantitative estimate of drug-likeness (QED) is 0.522. The average molecular weight is 241 g/mol. The minimum absolute atomic E-state index is 0.753. The summed E-state index contributed by atoms with van der Waals surface area (Å²) >= 11 is 0. The molecule has 3 unspecified atom stereocenters. The van der Waals surface area contributed by atoms with Crippen molar-refractivity contribution in [3.63, 3.8) is 0 Å². The van der Waals surface area contributed by atoms with Gasteiger partial charge in [0, 0.05) is 6.04 Å². The Balaban J connectivity index is 3.68. The van der Waals surface area contributed by atoms with Gasteiger partial charge in [-0.1, -0.05) is 47.0 Å². The van der Waals surface area contributed by atoms with Crippen molar-refractivity contribution in [3.05, 3.63) is 0 Å². The van der Waals surface area contributed by atoms with Crippen molar-refractivity contribution < 1.29 is 0 Å². The molecule has 0 bridgehead atoms. The Morgan fingerprint density at radius 1 is 0.824 bits per heavy atom. The molecule has 0 aliphatic carbocycles. The summed E-state index contributed by atoms with van der Waals surface area (Å²) in [5, 5.41) is 0. The fraction of sp³-hybridized carbons (Fsp3) is 1.00. The van der Waals surface area contributed by atoms with Crippen LogP contribution in [0.3, 0.4) is 0 Å². The Kier molecular flexibility index (Phi) is 9.91. The highest BCUT2D eigenvalue weighted by molar-refractivity contribution is 4.66. The van der Waals surface area contributed by atoms with Gasteiger partial charge in [-0.05, 0) is 51.6 Å². The SMILES string of the molecule is CCCC(C)C(C)CCCN(C)C(C)CCC. The largest absolute Gasteiger partial charge is 0.304 e. The molecule has 3 atom stereocenters. The van der Waals surface area contributed by atoms with Crippen molar-refractivity contribution in [1.82, 2.24) is 4.90 Å². The van der Waals surface area contributed by atoms with E-state index in [1.165, 1.54) is 45.1 Å². The number of hydrogen-bond acceptors (Lipinski definition) is 1. The van der Waals surface area contributed by atoms with E-state index >= 15 is 0 Å². The normalized spacial score (nSPS) is 17.1. The molecule has 17 heavy (non-hydrogen) atoms. The van der Waals surface area contributed by atoms with Crippen molar-refractivity contribution in [1.29, 1.82) is 0 Å². The van der Waals surface area contributed by atoms with Crippen molar-refractivity contribution in [3.8, 4) is 0 Å². The monoisotopic (exact) mass is 241 g/mol. The van der Waals surface area contributed by atoms with E-state index in [1.54, 1.807) is 0 Å². The van der Waals surface area contributed by atoms with E-state index in [1.807, 2.05) is 0 Å². The molecule has 0 aliphatic rings. The van der Waals surface area contributed by atoms with E-state index in [0.29, 0.717) is 0 Å². The highest BCUT2D eigenvalue weighted by Crippen LogP contribution is 2.21. The topological polar surface area (TPSA) is 3.24 Å². The van der Waals surface area contributed by atoms with Gasteiger partial charge in [-0.25, -0.2) is 0 Å². The van der Waals surface area contributed by atoms with Crippen LogP contribution in [0, 0.1) is 11.8 Å². The lowest BCUT2D eigenvalue weighted by atomic mass is 9.88. The first-order valence-corrected chi connectivity index (χ1v) is 7.73. The van der Waals surface area contributed by atoms with E-state index in [-0.39, 0.29) is 0 Å². The zero-order valence-corrected chi connectivity index (χ0v) is 13.1. The Morgan fingerprint density at radius 3 is 1.88 bits per heavy atom. The van der Waals surface area contributed by atoms with Crippen LogP contribution >= 0.6 is 0 Å². The van der Waals surface area contributed by atoms with Gasteiger partial charge in [-0.2, -0.15) is 0 Å². The highest BCUT2D eigenvalue weighted by Gasteiger charge is 2.12. The molecule has 0 rings (SSSR count). The summed E-state index contributed by atoms with van der Waals surface area (Å²) in [5.41, 5.74) is 0. The Hall–Kier alpha value is -0.0400. The van der Waals surface area contributed by atoms with Gasteiger partial charge in [0.2, 0.25) is 0 Å². The molecule has 0 radical (unpaired) electrons. The number of rotatable bonds is 10. The predicted octanol–water partition coefficient (Wildman–Crippen LogP) is 4.96. The van der Waals surface area contributed by atoms with Gasteiger partial charge < -0.3 is 4.90 Å². The van der Waals surface area contributed by atoms with Crippen LogP contribution in [-0.2, 0) is 0 Å². The molecule has 0 aromatic carbocycles. The molecule has 0 saturated heterocycles. The predicted molar refractivity (Wildman–Crippen MR) is 79.5 cm³/mol. The molecule has 0 heterocycles. The fourth-order valence-corrected chi connectivity index (χ4v) is 2.55. The first kappa shape index (κ1) is 17.0. The molecule has 0 saturated carbocycles. The Bertz CT molecular complexity index is 149. The van der Waals surface area contributed by atoms with Crippen LogP contribution in [0.25, 0.3) is 0 Å². The molecule has 0 aromatic rings. The van der Waals surface area contributed by atoms with Crippen LogP contribution < -0.4 is 0 Å². The summed E-state index contributed by atoms with van der Waals surface area (Å²) in [6, 6.07) is 0.753. The third-order valence-electron chi connectivity index (χ3n) is 4.34. The maximum atomic E-state index is 2.53. The second kappa shape index (κ2) is 9.94. The molecule has 0 aliphatic heterocycles. The summed E-state index contributed by atoms with van der Waals surface area (Å²) in [6.45, 7) is 13.0. The second-order valence-electron chi connectivity index (χ2n) is 6.00. The zero-order valence-electron chi connectivity index (χ0n) is 13.1. The van der Waals surface area contributed by atoms with Gasteiger partial charge in [-0.3, -0.25) is 0 Å². The molecule has 0 fully saturated rings. The molecule has 0 N–H and O–H groups in total. The van der Waals surface area contributed by atoms with Crippen LogP contribution in [0.4, 0.5) is 0 Å². The van der Waals surface area contributed by atoms with E-state index in [0.717, 1.165) is 17.9 Å². The van der Waals surface area contributed by atoms with E-state index in [2.05, 4.69) is 46.6 Å². The standard InChI is InChI=1S/C16H35N/c1-7-10-14(3)15(4)12-9-13-17(6)16(5)11-8-2/h14-16H,7-13H2,1-6H3. The molecule has 0 spiro atoms. The minimum Gasteiger partial charge on any atom is -0.304 e. The van der Waals surface area contributed by atoms with Gasteiger partial charge in [0.05, 0.1) is 0 Å². The summed E-state index contributed by atoms with van der Waals surface area (Å²) in [5.74, 6) is 1.79.